The summed E-state index contributed by atoms with van der Waals surface area (Å²) in [7, 11) is 0. The van der Waals surface area contributed by atoms with Crippen LogP contribution in [0.25, 0.3) is 17.0 Å². The van der Waals surface area contributed by atoms with Crippen LogP contribution in [-0.2, 0) is 20.9 Å². The van der Waals surface area contributed by atoms with Crippen LogP contribution in [-0.4, -0.2) is 36.7 Å². The van der Waals surface area contributed by atoms with Crippen molar-refractivity contribution in [3.05, 3.63) is 88.8 Å². The van der Waals surface area contributed by atoms with Gasteiger partial charge in [-0.15, -0.1) is 11.3 Å². The van der Waals surface area contributed by atoms with Gasteiger partial charge in [0, 0.05) is 39.9 Å². The number of thiophene rings is 1. The number of carbonyl (C=O) groups is 2. The Morgan fingerprint density at radius 2 is 1.89 bits per heavy atom. The van der Waals surface area contributed by atoms with Gasteiger partial charge in [-0.3, -0.25) is 9.78 Å². The minimum atomic E-state index is -0.607. The molecular weight excluding hydrogens is 464 g/mol. The second kappa shape index (κ2) is 10.4. The molecule has 1 aliphatic heterocycles. The molecule has 176 valence electrons. The number of pyridine rings is 1. The maximum Gasteiger partial charge on any atom is 0.331 e. The van der Waals surface area contributed by atoms with Gasteiger partial charge >= 0.3 is 5.97 Å². The third-order valence-electron chi connectivity index (χ3n) is 5.43. The summed E-state index contributed by atoms with van der Waals surface area (Å²) in [6.45, 7) is 0.899. The SMILES string of the molecule is O=C(/C=C/c1cccc2cccnc12)OCC(=O)N(Cc1cccs1)c1ccc2c(c1)OCCO2. The molecule has 0 bridgehead atoms. The molecule has 4 aromatic rings. The Morgan fingerprint density at radius 3 is 2.74 bits per heavy atom. The van der Waals surface area contributed by atoms with Crippen LogP contribution in [0.5, 0.6) is 11.5 Å². The van der Waals surface area contributed by atoms with E-state index in [1.54, 1.807) is 46.7 Å². The summed E-state index contributed by atoms with van der Waals surface area (Å²) in [5.41, 5.74) is 2.22. The Bertz CT molecular complexity index is 1380. The van der Waals surface area contributed by atoms with Crippen molar-refractivity contribution in [1.29, 1.82) is 0 Å². The maximum atomic E-state index is 13.1. The van der Waals surface area contributed by atoms with Crippen LogP contribution in [0.4, 0.5) is 5.69 Å². The molecule has 0 unspecified atom stereocenters. The highest BCUT2D eigenvalue weighted by Crippen LogP contribution is 2.34. The largest absolute Gasteiger partial charge is 0.486 e. The molecule has 7 nitrogen and oxygen atoms in total. The average molecular weight is 487 g/mol. The van der Waals surface area contributed by atoms with Crippen molar-refractivity contribution in [2.24, 2.45) is 0 Å². The Balaban J connectivity index is 1.29. The highest BCUT2D eigenvalue weighted by atomic mass is 32.1. The number of para-hydroxylation sites is 1. The van der Waals surface area contributed by atoms with Gasteiger partial charge in [0.25, 0.3) is 5.91 Å². The Labute approximate surface area is 206 Å². The van der Waals surface area contributed by atoms with Gasteiger partial charge in [-0.05, 0) is 35.7 Å². The van der Waals surface area contributed by atoms with E-state index < -0.39 is 12.6 Å². The van der Waals surface area contributed by atoms with Crippen LogP contribution in [0, 0.1) is 0 Å². The van der Waals surface area contributed by atoms with Crippen molar-refractivity contribution < 1.29 is 23.8 Å². The molecule has 0 spiro atoms. The van der Waals surface area contributed by atoms with Crippen LogP contribution >= 0.6 is 11.3 Å². The molecule has 0 radical (unpaired) electrons. The minimum absolute atomic E-state index is 0.344. The van der Waals surface area contributed by atoms with Crippen LogP contribution in [0.1, 0.15) is 10.4 Å². The van der Waals surface area contributed by atoms with Crippen LogP contribution < -0.4 is 14.4 Å². The first kappa shape index (κ1) is 22.6. The van der Waals surface area contributed by atoms with Gasteiger partial charge < -0.3 is 19.1 Å². The first-order valence-electron chi connectivity index (χ1n) is 11.1. The van der Waals surface area contributed by atoms with Crippen molar-refractivity contribution in [3.8, 4) is 11.5 Å². The number of anilines is 1. The molecule has 0 saturated carbocycles. The summed E-state index contributed by atoms with van der Waals surface area (Å²) in [4.78, 5) is 32.5. The van der Waals surface area contributed by atoms with E-state index in [1.807, 2.05) is 47.8 Å². The average Bonchev–Trinajstić information content (AvgIpc) is 3.42. The van der Waals surface area contributed by atoms with Gasteiger partial charge in [0.05, 0.1) is 12.1 Å². The van der Waals surface area contributed by atoms with Crippen molar-refractivity contribution in [3.63, 3.8) is 0 Å². The lowest BCUT2D eigenvalue weighted by Gasteiger charge is -2.25. The summed E-state index contributed by atoms with van der Waals surface area (Å²) in [5.74, 6) is 0.276. The van der Waals surface area contributed by atoms with Gasteiger partial charge in [0.1, 0.15) is 13.2 Å². The van der Waals surface area contributed by atoms with Crippen molar-refractivity contribution in [2.45, 2.75) is 6.54 Å². The zero-order chi connectivity index (χ0) is 24.0. The molecule has 0 aliphatic carbocycles. The molecule has 35 heavy (non-hydrogen) atoms. The Morgan fingerprint density at radius 1 is 1.03 bits per heavy atom. The predicted octanol–water partition coefficient (Wildman–Crippen LogP) is 4.86. The van der Waals surface area contributed by atoms with E-state index in [-0.39, 0.29) is 5.91 Å². The van der Waals surface area contributed by atoms with Crippen LogP contribution in [0.2, 0.25) is 0 Å². The van der Waals surface area contributed by atoms with E-state index in [2.05, 4.69) is 4.98 Å². The molecule has 1 aliphatic rings. The minimum Gasteiger partial charge on any atom is -0.486 e. The van der Waals surface area contributed by atoms with E-state index in [0.29, 0.717) is 36.9 Å². The number of rotatable bonds is 7. The molecule has 2 aromatic heterocycles. The second-order valence-corrected chi connectivity index (χ2v) is 8.78. The Kier molecular flexibility index (Phi) is 6.72. The van der Waals surface area contributed by atoms with Gasteiger partial charge in [0.15, 0.2) is 18.1 Å². The topological polar surface area (TPSA) is 78.0 Å². The van der Waals surface area contributed by atoms with Gasteiger partial charge in [-0.2, -0.15) is 0 Å². The molecule has 8 heteroatoms. The fourth-order valence-electron chi connectivity index (χ4n) is 3.76. The number of hydrogen-bond acceptors (Lipinski definition) is 7. The maximum absolute atomic E-state index is 13.1. The van der Waals surface area contributed by atoms with E-state index in [9.17, 15) is 9.59 Å². The quantitative estimate of drug-likeness (QED) is 0.274. The van der Waals surface area contributed by atoms with E-state index >= 15 is 0 Å². The number of ether oxygens (including phenoxy) is 3. The lowest BCUT2D eigenvalue weighted by atomic mass is 10.1. The number of aromatic nitrogens is 1. The number of fused-ring (bicyclic) bond motifs is 2. The molecule has 1 amide bonds. The normalized spacial score (nSPS) is 12.6. The number of esters is 1. The first-order chi connectivity index (χ1) is 17.2. The van der Waals surface area contributed by atoms with Crippen molar-refractivity contribution in [2.75, 3.05) is 24.7 Å². The molecular formula is C27H22N2O5S. The second-order valence-electron chi connectivity index (χ2n) is 7.75. The summed E-state index contributed by atoms with van der Waals surface area (Å²) >= 11 is 1.55. The van der Waals surface area contributed by atoms with Crippen LogP contribution in [0.3, 0.4) is 0 Å². The molecule has 0 fully saturated rings. The standard InChI is InChI=1S/C27H22N2O5S/c30-25(18-34-26(31)11-8-20-5-1-4-19-6-2-12-28-27(19)20)29(17-22-7-3-15-35-22)21-9-10-23-24(16-21)33-14-13-32-23/h1-12,15-16H,13-14,17-18H2/b11-8+. The van der Waals surface area contributed by atoms with Crippen molar-refractivity contribution in [1.82, 2.24) is 4.98 Å². The monoisotopic (exact) mass is 486 g/mol. The lowest BCUT2D eigenvalue weighted by Crippen LogP contribution is -2.34. The molecule has 0 N–H and O–H groups in total. The highest BCUT2D eigenvalue weighted by molar-refractivity contribution is 7.09. The number of amides is 1. The number of benzene rings is 2. The van der Waals surface area contributed by atoms with Crippen molar-refractivity contribution >= 4 is 45.9 Å². The molecule has 5 rings (SSSR count). The predicted molar refractivity (Wildman–Crippen MR) is 135 cm³/mol. The highest BCUT2D eigenvalue weighted by Gasteiger charge is 2.21. The van der Waals surface area contributed by atoms with Gasteiger partial charge in [-0.25, -0.2) is 4.79 Å². The number of nitrogens with zero attached hydrogens (tertiary/aromatic N) is 2. The number of carbonyl (C=O) groups excluding carboxylic acids is 2. The summed E-state index contributed by atoms with van der Waals surface area (Å²) in [6.07, 6.45) is 4.66. The number of hydrogen-bond donors (Lipinski definition) is 0. The van der Waals surface area contributed by atoms with Gasteiger partial charge in [0.2, 0.25) is 0 Å². The third kappa shape index (κ3) is 5.33. The fourth-order valence-corrected chi connectivity index (χ4v) is 4.45. The smallest absolute Gasteiger partial charge is 0.331 e. The van der Waals surface area contributed by atoms with Gasteiger partial charge in [-0.1, -0.05) is 30.3 Å². The van der Waals surface area contributed by atoms with E-state index in [0.717, 1.165) is 21.3 Å². The molecule has 0 saturated heterocycles. The van der Waals surface area contributed by atoms with E-state index in [1.165, 1.54) is 6.08 Å². The first-order valence-corrected chi connectivity index (χ1v) is 12.0. The summed E-state index contributed by atoms with van der Waals surface area (Å²) in [5, 5.41) is 2.93. The Hall–Kier alpha value is -4.17. The van der Waals surface area contributed by atoms with E-state index in [4.69, 9.17) is 14.2 Å². The van der Waals surface area contributed by atoms with Crippen LogP contribution in [0.15, 0.2) is 78.3 Å². The zero-order valence-corrected chi connectivity index (χ0v) is 19.6. The fraction of sp³-hybridized carbons (Fsp3) is 0.148. The summed E-state index contributed by atoms with van der Waals surface area (Å²) in [6, 6.07) is 18.8. The summed E-state index contributed by atoms with van der Waals surface area (Å²) < 4.78 is 16.5. The third-order valence-corrected chi connectivity index (χ3v) is 6.29. The zero-order valence-electron chi connectivity index (χ0n) is 18.8. The molecule has 0 atom stereocenters. The lowest BCUT2D eigenvalue weighted by molar-refractivity contribution is -0.142. The molecule has 2 aromatic carbocycles. The molecule has 3 heterocycles.